The van der Waals surface area contributed by atoms with Gasteiger partial charge in [0.15, 0.2) is 0 Å². The zero-order valence-electron chi connectivity index (χ0n) is 21.2. The van der Waals surface area contributed by atoms with E-state index in [1.54, 1.807) is 6.07 Å². The second-order valence-corrected chi connectivity index (χ2v) is 11.7. The molecule has 0 spiro atoms. The first-order chi connectivity index (χ1) is 17.4. The number of nitrogens with zero attached hydrogens (tertiary/aromatic N) is 2. The Balaban J connectivity index is 1.36. The zero-order chi connectivity index (χ0) is 25.1. The number of aliphatic hydroxyl groups is 1. The quantitative estimate of drug-likeness (QED) is 0.601. The maximum Gasteiger partial charge on any atom is 0.396 e. The molecule has 2 bridgehead atoms. The molecule has 1 amide bonds. The Bertz CT molecular complexity index is 1180. The largest absolute Gasteiger partial charge is 0.500 e. The molecule has 6 heteroatoms. The van der Waals surface area contributed by atoms with Crippen molar-refractivity contribution in [1.29, 1.82) is 0 Å². The minimum atomic E-state index is -0.896. The second kappa shape index (κ2) is 8.70. The van der Waals surface area contributed by atoms with Crippen LogP contribution >= 0.6 is 0 Å². The van der Waals surface area contributed by atoms with E-state index in [4.69, 9.17) is 4.42 Å². The summed E-state index contributed by atoms with van der Waals surface area (Å²) in [5, 5.41) is 23.3. The Morgan fingerprint density at radius 2 is 1.92 bits per heavy atom. The number of rotatable bonds is 6. The Hall–Kier alpha value is -2.70. The summed E-state index contributed by atoms with van der Waals surface area (Å²) >= 11 is 0. The number of hydrogen-bond acceptors (Lipinski definition) is 4. The Labute approximate surface area is 213 Å². The highest BCUT2D eigenvalue weighted by molar-refractivity contribution is 5.94. The van der Waals surface area contributed by atoms with Gasteiger partial charge in [0.1, 0.15) is 0 Å². The molecule has 190 valence electrons. The number of aromatic hydroxyl groups is 1. The van der Waals surface area contributed by atoms with Gasteiger partial charge in [-0.1, -0.05) is 24.3 Å². The van der Waals surface area contributed by atoms with Crippen LogP contribution in [-0.2, 0) is 16.3 Å². The number of hydrogen-bond donors (Lipinski definition) is 2. The molecule has 4 aliphatic rings. The van der Waals surface area contributed by atoms with Crippen molar-refractivity contribution in [2.75, 3.05) is 26.7 Å². The number of likely N-dealkylation sites (tertiary alicyclic amines) is 1. The highest BCUT2D eigenvalue weighted by Crippen LogP contribution is 2.62. The number of phenolic OH excluding ortho intramolecular Hbond substituents is 1. The van der Waals surface area contributed by atoms with Gasteiger partial charge in [0.25, 0.3) is 12.7 Å². The van der Waals surface area contributed by atoms with E-state index in [0.717, 1.165) is 55.8 Å². The summed E-state index contributed by atoms with van der Waals surface area (Å²) in [5.74, 6) is 1.52. The van der Waals surface area contributed by atoms with Crippen molar-refractivity contribution in [2.45, 2.75) is 62.0 Å². The maximum atomic E-state index is 13.1. The van der Waals surface area contributed by atoms with Crippen LogP contribution < -0.4 is 0 Å². The van der Waals surface area contributed by atoms with E-state index in [1.807, 2.05) is 48.3 Å². The van der Waals surface area contributed by atoms with Crippen molar-refractivity contribution < 1.29 is 19.4 Å². The first kappa shape index (κ1) is 23.7. The maximum absolute atomic E-state index is 13.1. The van der Waals surface area contributed by atoms with Crippen LogP contribution in [0.5, 0.6) is 11.5 Å². The predicted octanol–water partition coefficient (Wildman–Crippen LogP) is 4.05. The van der Waals surface area contributed by atoms with E-state index in [0.29, 0.717) is 24.3 Å². The molecule has 6 nitrogen and oxygen atoms in total. The summed E-state index contributed by atoms with van der Waals surface area (Å²) in [6, 6.07) is 13.2. The van der Waals surface area contributed by atoms with E-state index in [-0.39, 0.29) is 23.6 Å². The van der Waals surface area contributed by atoms with Gasteiger partial charge in [-0.3, -0.25) is 9.69 Å². The minimum Gasteiger partial charge on any atom is -0.500 e. The average molecular weight is 490 g/mol. The number of benzene rings is 2. The van der Waals surface area contributed by atoms with Gasteiger partial charge in [-0.25, -0.2) is 4.42 Å². The van der Waals surface area contributed by atoms with Crippen LogP contribution in [0.4, 0.5) is 0 Å². The molecule has 2 N–H and O–H groups in total. The van der Waals surface area contributed by atoms with Gasteiger partial charge in [0, 0.05) is 37.2 Å². The molecule has 1 heterocycles. The molecule has 3 fully saturated rings. The SMILES string of the molecule is C=[O+]c1c(O)ccc2c1[C@]13CCN(CC4CC4)[C@H](C2)[C@]1(O)CC[C@H](CN(C)C(=O)c1ccccc1)C3. The smallest absolute Gasteiger partial charge is 0.396 e. The minimum absolute atomic E-state index is 0.0227. The number of amides is 1. The van der Waals surface area contributed by atoms with Crippen molar-refractivity contribution in [3.63, 3.8) is 0 Å². The van der Waals surface area contributed by atoms with E-state index >= 15 is 0 Å². The van der Waals surface area contributed by atoms with Gasteiger partial charge in [-0.2, -0.15) is 0 Å². The van der Waals surface area contributed by atoms with E-state index in [2.05, 4.69) is 11.7 Å². The molecule has 1 saturated heterocycles. The number of phenols is 1. The molecule has 2 saturated carbocycles. The molecule has 0 unspecified atom stereocenters. The zero-order valence-corrected chi connectivity index (χ0v) is 21.2. The average Bonchev–Trinajstić information content (AvgIpc) is 3.70. The fourth-order valence-corrected chi connectivity index (χ4v) is 7.71. The molecular formula is C30H37N2O4+. The highest BCUT2D eigenvalue weighted by Gasteiger charge is 2.66. The lowest BCUT2D eigenvalue weighted by Crippen LogP contribution is -2.73. The van der Waals surface area contributed by atoms with Crippen LogP contribution in [0.1, 0.15) is 60.0 Å². The summed E-state index contributed by atoms with van der Waals surface area (Å²) in [4.78, 5) is 17.4. The topological polar surface area (TPSA) is 75.3 Å². The van der Waals surface area contributed by atoms with Crippen LogP contribution in [0.15, 0.2) is 42.5 Å². The molecule has 0 aromatic heterocycles. The van der Waals surface area contributed by atoms with Crippen molar-refractivity contribution in [2.24, 2.45) is 11.8 Å². The molecule has 2 aromatic carbocycles. The summed E-state index contributed by atoms with van der Waals surface area (Å²) < 4.78 is 5.55. The number of fused-ring (bicyclic) bond motifs is 1. The number of carbonyl (C=O) groups is 1. The van der Waals surface area contributed by atoms with Gasteiger partial charge < -0.3 is 15.1 Å². The fourth-order valence-electron chi connectivity index (χ4n) is 7.71. The summed E-state index contributed by atoms with van der Waals surface area (Å²) in [6.45, 7) is 6.30. The summed E-state index contributed by atoms with van der Waals surface area (Å²) in [7, 11) is 1.87. The normalized spacial score (nSPS) is 31.3. The molecule has 0 radical (unpaired) electrons. The molecule has 3 aliphatic carbocycles. The lowest BCUT2D eigenvalue weighted by atomic mass is 9.47. The monoisotopic (exact) mass is 489 g/mol. The summed E-state index contributed by atoms with van der Waals surface area (Å²) in [6.07, 6.45) is 6.47. The van der Waals surface area contributed by atoms with Gasteiger partial charge >= 0.3 is 5.75 Å². The predicted molar refractivity (Wildman–Crippen MR) is 138 cm³/mol. The third-order valence-corrected chi connectivity index (χ3v) is 9.57. The Morgan fingerprint density at radius 1 is 1.14 bits per heavy atom. The first-order valence-electron chi connectivity index (χ1n) is 13.4. The molecule has 1 aliphatic heterocycles. The van der Waals surface area contributed by atoms with E-state index in [9.17, 15) is 15.0 Å². The second-order valence-electron chi connectivity index (χ2n) is 11.7. The van der Waals surface area contributed by atoms with Crippen molar-refractivity contribution in [3.05, 3.63) is 59.2 Å². The van der Waals surface area contributed by atoms with Crippen molar-refractivity contribution >= 4 is 12.7 Å². The third kappa shape index (κ3) is 3.60. The van der Waals surface area contributed by atoms with E-state index < -0.39 is 11.0 Å². The van der Waals surface area contributed by atoms with Crippen LogP contribution in [0, 0.1) is 11.8 Å². The molecule has 4 atom stereocenters. The lowest BCUT2D eigenvalue weighted by molar-refractivity contribution is -0.359. The molecule has 36 heavy (non-hydrogen) atoms. The number of piperidine rings is 1. The third-order valence-electron chi connectivity index (χ3n) is 9.57. The van der Waals surface area contributed by atoms with Gasteiger partial charge in [0.2, 0.25) is 5.75 Å². The fraction of sp³-hybridized carbons (Fsp3) is 0.533. The van der Waals surface area contributed by atoms with Crippen LogP contribution in [-0.4, -0.2) is 71.0 Å². The van der Waals surface area contributed by atoms with Gasteiger partial charge in [-0.15, -0.1) is 0 Å². The standard InChI is InChI=1S/C30H36N2O4/c1-31(28(34)22-6-4-3-5-7-22)18-21-12-13-30(35)25-16-23-10-11-24(33)27(36-2)26(23)29(30,17-21)14-15-32(25)19-20-8-9-20/h3-7,10-11,20-21,25,35H,2,8-9,12-19H2,1H3/p+1/t21-,25+,29+,30+/m0/s1. The molecule has 2 aromatic rings. The highest BCUT2D eigenvalue weighted by atomic mass is 16.4. The van der Waals surface area contributed by atoms with Crippen molar-refractivity contribution in [3.8, 4) is 11.5 Å². The summed E-state index contributed by atoms with van der Waals surface area (Å²) in [5.41, 5.74) is 1.36. The molecular weight excluding hydrogens is 452 g/mol. The van der Waals surface area contributed by atoms with Crippen molar-refractivity contribution in [1.82, 2.24) is 9.80 Å². The Kier molecular flexibility index (Phi) is 5.73. The molecule has 6 rings (SSSR count). The number of carbonyl (C=O) groups excluding carboxylic acids is 2. The first-order valence-corrected chi connectivity index (χ1v) is 13.4. The van der Waals surface area contributed by atoms with Crippen LogP contribution in [0.2, 0.25) is 0 Å². The van der Waals surface area contributed by atoms with Gasteiger partial charge in [-0.05, 0) is 87.1 Å². The van der Waals surface area contributed by atoms with E-state index in [1.165, 1.54) is 12.8 Å². The van der Waals surface area contributed by atoms with Crippen LogP contribution in [0.3, 0.4) is 0 Å². The Morgan fingerprint density at radius 3 is 2.64 bits per heavy atom. The lowest BCUT2D eigenvalue weighted by Gasteiger charge is -2.64. The van der Waals surface area contributed by atoms with Crippen LogP contribution in [0.25, 0.3) is 0 Å². The van der Waals surface area contributed by atoms with Gasteiger partial charge in [0.05, 0.1) is 11.2 Å².